The molecule has 9 heteroatoms. The summed E-state index contributed by atoms with van der Waals surface area (Å²) in [7, 11) is 0. The predicted molar refractivity (Wildman–Crippen MR) is 133 cm³/mol. The van der Waals surface area contributed by atoms with Crippen LogP contribution in [0, 0.1) is 13.8 Å². The quantitative estimate of drug-likeness (QED) is 0.412. The van der Waals surface area contributed by atoms with Gasteiger partial charge in [-0.05, 0) is 63.1 Å². The van der Waals surface area contributed by atoms with Gasteiger partial charge in [-0.3, -0.25) is 9.36 Å². The van der Waals surface area contributed by atoms with E-state index < -0.39 is 0 Å². The lowest BCUT2D eigenvalue weighted by Gasteiger charge is -2.10. The van der Waals surface area contributed by atoms with Gasteiger partial charge >= 0.3 is 0 Å². The summed E-state index contributed by atoms with van der Waals surface area (Å²) >= 11 is 1.37. The number of fused-ring (bicyclic) bond motifs is 1. The molecule has 0 bridgehead atoms. The van der Waals surface area contributed by atoms with Crippen molar-refractivity contribution in [3.05, 3.63) is 65.7 Å². The molecule has 0 aliphatic carbocycles. The summed E-state index contributed by atoms with van der Waals surface area (Å²) in [5.41, 5.74) is 3.93. The van der Waals surface area contributed by atoms with Crippen molar-refractivity contribution in [1.29, 1.82) is 0 Å². The molecule has 1 amide bonds. The molecule has 0 unspecified atom stereocenters. The van der Waals surface area contributed by atoms with Crippen molar-refractivity contribution in [2.75, 3.05) is 11.1 Å². The monoisotopic (exact) mass is 473 g/mol. The molecule has 0 radical (unpaired) electrons. The molecule has 34 heavy (non-hydrogen) atoms. The number of hydrogen-bond acceptors (Lipinski definition) is 6. The molecule has 2 aromatic heterocycles. The largest absolute Gasteiger partial charge is 0.325 e. The number of amides is 1. The summed E-state index contributed by atoms with van der Waals surface area (Å²) in [4.78, 5) is 12.6. The second kappa shape index (κ2) is 9.80. The standard InChI is InChI=1S/C25H27N7OS/c1-17-7-13-21(14-8-17)32-18(2)27-30-25(32)34-16-23(33)26-20-11-9-19(10-12-20)24-29-28-22-6-4-3-5-15-31(22)24/h7-14H,3-6,15-16H2,1-2H3,(H,26,33). The van der Waals surface area contributed by atoms with Gasteiger partial charge in [-0.2, -0.15) is 0 Å². The maximum absolute atomic E-state index is 12.6. The minimum absolute atomic E-state index is 0.0924. The number of aromatic nitrogens is 6. The van der Waals surface area contributed by atoms with Crippen LogP contribution in [0.5, 0.6) is 0 Å². The number of benzene rings is 2. The van der Waals surface area contributed by atoms with Gasteiger partial charge in [-0.25, -0.2) is 0 Å². The molecule has 8 nitrogen and oxygen atoms in total. The Balaban J connectivity index is 1.23. The van der Waals surface area contributed by atoms with Crippen molar-refractivity contribution in [3.8, 4) is 17.1 Å². The summed E-state index contributed by atoms with van der Waals surface area (Å²) in [6.45, 7) is 4.92. The van der Waals surface area contributed by atoms with E-state index in [1.165, 1.54) is 30.2 Å². The van der Waals surface area contributed by atoms with Crippen molar-refractivity contribution in [2.24, 2.45) is 0 Å². The Morgan fingerprint density at radius 1 is 0.941 bits per heavy atom. The normalized spacial score (nSPS) is 13.4. The Hall–Kier alpha value is -3.46. The van der Waals surface area contributed by atoms with Crippen molar-refractivity contribution in [3.63, 3.8) is 0 Å². The molecule has 4 aromatic rings. The summed E-state index contributed by atoms with van der Waals surface area (Å²) in [5.74, 6) is 2.90. The topological polar surface area (TPSA) is 90.5 Å². The zero-order valence-corrected chi connectivity index (χ0v) is 20.2. The van der Waals surface area contributed by atoms with Crippen LogP contribution in [-0.2, 0) is 17.8 Å². The van der Waals surface area contributed by atoms with E-state index in [0.29, 0.717) is 5.16 Å². The predicted octanol–water partition coefficient (Wildman–Crippen LogP) is 4.60. The SMILES string of the molecule is Cc1ccc(-n2c(C)nnc2SCC(=O)Nc2ccc(-c3nnc4n3CCCCC4)cc2)cc1. The first-order valence-corrected chi connectivity index (χ1v) is 12.5. The Kier molecular flexibility index (Phi) is 6.44. The molecule has 2 aromatic carbocycles. The van der Waals surface area contributed by atoms with E-state index in [4.69, 9.17) is 0 Å². The van der Waals surface area contributed by atoms with Gasteiger partial charge in [0, 0.05) is 29.9 Å². The summed E-state index contributed by atoms with van der Waals surface area (Å²) in [6.07, 6.45) is 4.53. The highest BCUT2D eigenvalue weighted by Gasteiger charge is 2.17. The fourth-order valence-corrected chi connectivity index (χ4v) is 4.95. The van der Waals surface area contributed by atoms with E-state index in [1.54, 1.807) is 0 Å². The van der Waals surface area contributed by atoms with Crippen LogP contribution in [0.2, 0.25) is 0 Å². The molecule has 1 N–H and O–H groups in total. The van der Waals surface area contributed by atoms with Gasteiger partial charge in [0.1, 0.15) is 11.6 Å². The van der Waals surface area contributed by atoms with Gasteiger partial charge < -0.3 is 9.88 Å². The first kappa shape index (κ1) is 22.3. The van der Waals surface area contributed by atoms with Crippen molar-refractivity contribution in [2.45, 2.75) is 51.2 Å². The summed E-state index contributed by atoms with van der Waals surface area (Å²) < 4.78 is 4.19. The number of aryl methyl sites for hydroxylation is 3. The van der Waals surface area contributed by atoms with Crippen LogP contribution in [0.15, 0.2) is 53.7 Å². The van der Waals surface area contributed by atoms with E-state index in [2.05, 4.69) is 49.3 Å². The highest BCUT2D eigenvalue weighted by Crippen LogP contribution is 2.25. The minimum atomic E-state index is -0.0924. The van der Waals surface area contributed by atoms with Crippen LogP contribution >= 0.6 is 11.8 Å². The lowest BCUT2D eigenvalue weighted by atomic mass is 10.2. The van der Waals surface area contributed by atoms with Crippen molar-refractivity contribution in [1.82, 2.24) is 29.5 Å². The van der Waals surface area contributed by atoms with Crippen LogP contribution in [0.1, 0.15) is 36.5 Å². The number of nitrogens with one attached hydrogen (secondary N) is 1. The van der Waals surface area contributed by atoms with Gasteiger partial charge in [0.15, 0.2) is 11.0 Å². The fourth-order valence-electron chi connectivity index (χ4n) is 4.16. The van der Waals surface area contributed by atoms with E-state index >= 15 is 0 Å². The van der Waals surface area contributed by atoms with Crippen LogP contribution in [0.4, 0.5) is 5.69 Å². The summed E-state index contributed by atoms with van der Waals surface area (Å²) in [5, 5.41) is 20.9. The average molecular weight is 474 g/mol. The number of anilines is 1. The maximum atomic E-state index is 12.6. The average Bonchev–Trinajstić information content (AvgIpc) is 3.33. The van der Waals surface area contributed by atoms with Gasteiger partial charge in [0.05, 0.1) is 5.75 Å². The van der Waals surface area contributed by atoms with Gasteiger partial charge in [0.25, 0.3) is 0 Å². The molecule has 1 aliphatic heterocycles. The van der Waals surface area contributed by atoms with Crippen LogP contribution < -0.4 is 5.32 Å². The smallest absolute Gasteiger partial charge is 0.234 e. The molecule has 3 heterocycles. The molecular formula is C25H27N7OS. The Morgan fingerprint density at radius 2 is 1.74 bits per heavy atom. The maximum Gasteiger partial charge on any atom is 0.234 e. The van der Waals surface area contributed by atoms with Crippen LogP contribution in [0.3, 0.4) is 0 Å². The molecule has 5 rings (SSSR count). The molecule has 0 atom stereocenters. The zero-order valence-electron chi connectivity index (χ0n) is 19.4. The molecule has 174 valence electrons. The Bertz CT molecular complexity index is 1290. The Labute approximate surface area is 202 Å². The number of hydrogen-bond donors (Lipinski definition) is 1. The molecular weight excluding hydrogens is 446 g/mol. The number of thioether (sulfide) groups is 1. The number of carbonyl (C=O) groups is 1. The second-order valence-electron chi connectivity index (χ2n) is 8.52. The number of nitrogens with zero attached hydrogens (tertiary/aromatic N) is 6. The first-order chi connectivity index (χ1) is 16.6. The zero-order chi connectivity index (χ0) is 23.5. The van der Waals surface area contributed by atoms with Gasteiger partial charge in [0.2, 0.25) is 5.91 Å². The van der Waals surface area contributed by atoms with Crippen LogP contribution in [0.25, 0.3) is 17.1 Å². The Morgan fingerprint density at radius 3 is 2.53 bits per heavy atom. The lowest BCUT2D eigenvalue weighted by molar-refractivity contribution is -0.113. The third kappa shape index (κ3) is 4.75. The van der Waals surface area contributed by atoms with Crippen molar-refractivity contribution < 1.29 is 4.79 Å². The summed E-state index contributed by atoms with van der Waals surface area (Å²) in [6, 6.07) is 16.0. The lowest BCUT2D eigenvalue weighted by Crippen LogP contribution is -2.14. The highest BCUT2D eigenvalue weighted by molar-refractivity contribution is 7.99. The molecule has 0 saturated heterocycles. The number of rotatable bonds is 6. The minimum Gasteiger partial charge on any atom is -0.325 e. The fraction of sp³-hybridized carbons (Fsp3) is 0.320. The molecule has 0 spiro atoms. The van der Waals surface area contributed by atoms with E-state index in [-0.39, 0.29) is 11.7 Å². The van der Waals surface area contributed by atoms with Crippen LogP contribution in [-0.4, -0.2) is 41.2 Å². The first-order valence-electron chi connectivity index (χ1n) is 11.5. The van der Waals surface area contributed by atoms with E-state index in [9.17, 15) is 4.79 Å². The molecule has 0 saturated carbocycles. The third-order valence-corrected chi connectivity index (χ3v) is 6.88. The van der Waals surface area contributed by atoms with Crippen molar-refractivity contribution >= 4 is 23.4 Å². The van der Waals surface area contributed by atoms with E-state index in [1.807, 2.05) is 47.9 Å². The molecule has 1 aliphatic rings. The molecule has 0 fully saturated rings. The number of carbonyl (C=O) groups excluding carboxylic acids is 1. The van der Waals surface area contributed by atoms with Gasteiger partial charge in [-0.1, -0.05) is 35.9 Å². The second-order valence-corrected chi connectivity index (χ2v) is 9.46. The third-order valence-electron chi connectivity index (χ3n) is 5.96. The highest BCUT2D eigenvalue weighted by atomic mass is 32.2. The van der Waals surface area contributed by atoms with Gasteiger partial charge in [-0.15, -0.1) is 20.4 Å². The van der Waals surface area contributed by atoms with E-state index in [0.717, 1.165) is 53.8 Å².